The second kappa shape index (κ2) is 2.11. The van der Waals surface area contributed by atoms with Gasteiger partial charge in [-0.15, -0.1) is 0 Å². The summed E-state index contributed by atoms with van der Waals surface area (Å²) in [4.78, 5) is 13.7. The van der Waals surface area contributed by atoms with Crippen LogP contribution in [-0.4, -0.2) is 13.0 Å². The SMILES string of the molecule is CN1C(=O)C2(CC2)c2ccc(N)cc21. The van der Waals surface area contributed by atoms with Gasteiger partial charge < -0.3 is 10.6 Å². The molecule has 1 fully saturated rings. The zero-order chi connectivity index (χ0) is 9.92. The Kier molecular flexibility index (Phi) is 1.18. The second-order valence-corrected chi connectivity index (χ2v) is 4.22. The van der Waals surface area contributed by atoms with Gasteiger partial charge in [-0.3, -0.25) is 4.79 Å². The number of likely N-dealkylation sites (N-methyl/N-ethyl adjacent to an activating group) is 1. The Bertz CT molecular complexity index is 435. The Labute approximate surface area is 82.5 Å². The van der Waals surface area contributed by atoms with Gasteiger partial charge in [0.15, 0.2) is 0 Å². The monoisotopic (exact) mass is 188 g/mol. The molecule has 3 rings (SSSR count). The highest BCUT2D eigenvalue weighted by Crippen LogP contribution is 2.57. The van der Waals surface area contributed by atoms with E-state index in [0.717, 1.165) is 24.2 Å². The highest BCUT2D eigenvalue weighted by molar-refractivity contribution is 6.10. The number of benzene rings is 1. The van der Waals surface area contributed by atoms with Crippen molar-refractivity contribution in [3.05, 3.63) is 23.8 Å². The highest BCUT2D eigenvalue weighted by atomic mass is 16.2. The maximum Gasteiger partial charge on any atom is 0.237 e. The first kappa shape index (κ1) is 7.85. The Balaban J connectivity index is 2.26. The van der Waals surface area contributed by atoms with Crippen molar-refractivity contribution in [2.24, 2.45) is 0 Å². The molecule has 1 aliphatic heterocycles. The number of nitrogen functional groups attached to an aromatic ring is 1. The molecule has 0 bridgehead atoms. The molecule has 1 aromatic carbocycles. The fourth-order valence-electron chi connectivity index (χ4n) is 2.38. The summed E-state index contributed by atoms with van der Waals surface area (Å²) in [6.45, 7) is 0. The van der Waals surface area contributed by atoms with Crippen molar-refractivity contribution in [3.63, 3.8) is 0 Å². The molecule has 0 radical (unpaired) electrons. The molecule has 1 spiro atoms. The molecule has 72 valence electrons. The highest BCUT2D eigenvalue weighted by Gasteiger charge is 2.58. The largest absolute Gasteiger partial charge is 0.399 e. The van der Waals surface area contributed by atoms with Crippen LogP contribution in [0.1, 0.15) is 18.4 Å². The van der Waals surface area contributed by atoms with Gasteiger partial charge in [0.2, 0.25) is 5.91 Å². The smallest absolute Gasteiger partial charge is 0.237 e. The number of carbonyl (C=O) groups is 1. The maximum atomic E-state index is 11.9. The summed E-state index contributed by atoms with van der Waals surface area (Å²) in [5, 5.41) is 0. The van der Waals surface area contributed by atoms with Crippen molar-refractivity contribution >= 4 is 17.3 Å². The number of anilines is 2. The lowest BCUT2D eigenvalue weighted by Gasteiger charge is -2.10. The number of fused-ring (bicyclic) bond motifs is 2. The molecule has 3 nitrogen and oxygen atoms in total. The summed E-state index contributed by atoms with van der Waals surface area (Å²) < 4.78 is 0. The summed E-state index contributed by atoms with van der Waals surface area (Å²) in [5.74, 6) is 0.234. The van der Waals surface area contributed by atoms with E-state index in [1.807, 2.05) is 25.2 Å². The van der Waals surface area contributed by atoms with Crippen LogP contribution in [0.5, 0.6) is 0 Å². The van der Waals surface area contributed by atoms with E-state index >= 15 is 0 Å². The molecule has 0 atom stereocenters. The molecule has 3 heteroatoms. The summed E-state index contributed by atoms with van der Waals surface area (Å²) in [7, 11) is 1.83. The van der Waals surface area contributed by atoms with Crippen molar-refractivity contribution < 1.29 is 4.79 Å². The first-order valence-electron chi connectivity index (χ1n) is 4.83. The van der Waals surface area contributed by atoms with Gasteiger partial charge in [0.05, 0.1) is 5.41 Å². The number of amides is 1. The molecule has 14 heavy (non-hydrogen) atoms. The molecule has 0 unspecified atom stereocenters. The van der Waals surface area contributed by atoms with E-state index in [1.54, 1.807) is 4.90 Å². The Morgan fingerprint density at radius 2 is 2.14 bits per heavy atom. The van der Waals surface area contributed by atoms with Crippen LogP contribution < -0.4 is 10.6 Å². The minimum absolute atomic E-state index is 0.169. The predicted octanol–water partition coefficient (Wildman–Crippen LogP) is 1.28. The average Bonchev–Trinajstić information content (AvgIpc) is 2.93. The van der Waals surface area contributed by atoms with Crippen molar-refractivity contribution in [1.82, 2.24) is 0 Å². The predicted molar refractivity (Wildman–Crippen MR) is 55.2 cm³/mol. The zero-order valence-corrected chi connectivity index (χ0v) is 8.08. The lowest BCUT2D eigenvalue weighted by Crippen LogP contribution is -2.27. The number of carbonyl (C=O) groups excluding carboxylic acids is 1. The van der Waals surface area contributed by atoms with Crippen LogP contribution in [0.4, 0.5) is 11.4 Å². The first-order chi connectivity index (χ1) is 6.65. The van der Waals surface area contributed by atoms with Crippen molar-refractivity contribution in [3.8, 4) is 0 Å². The summed E-state index contributed by atoms with van der Waals surface area (Å²) in [6.07, 6.45) is 1.99. The van der Waals surface area contributed by atoms with Crippen LogP contribution in [0.2, 0.25) is 0 Å². The van der Waals surface area contributed by atoms with Crippen molar-refractivity contribution in [1.29, 1.82) is 0 Å². The van der Waals surface area contributed by atoms with Crippen molar-refractivity contribution in [2.75, 3.05) is 17.7 Å². The minimum atomic E-state index is -0.169. The van der Waals surface area contributed by atoms with Crippen LogP contribution in [0.25, 0.3) is 0 Å². The van der Waals surface area contributed by atoms with E-state index in [9.17, 15) is 4.79 Å². The minimum Gasteiger partial charge on any atom is -0.399 e. The van der Waals surface area contributed by atoms with Gasteiger partial charge in [-0.2, -0.15) is 0 Å². The molecule has 1 saturated carbocycles. The lowest BCUT2D eigenvalue weighted by atomic mass is 9.98. The normalized spacial score (nSPS) is 21.5. The van der Waals surface area contributed by atoms with Gasteiger partial charge in [0.1, 0.15) is 0 Å². The van der Waals surface area contributed by atoms with E-state index in [1.165, 1.54) is 5.56 Å². The standard InChI is InChI=1S/C11H12N2O/c1-13-9-6-7(12)2-3-8(9)11(4-5-11)10(13)14/h2-3,6H,4-5,12H2,1H3. The molecule has 1 aromatic rings. The third-order valence-electron chi connectivity index (χ3n) is 3.36. The van der Waals surface area contributed by atoms with Crippen molar-refractivity contribution in [2.45, 2.75) is 18.3 Å². The number of hydrogen-bond donors (Lipinski definition) is 1. The molecule has 1 amide bonds. The molecule has 2 aliphatic rings. The summed E-state index contributed by atoms with van der Waals surface area (Å²) in [5.41, 5.74) is 8.42. The van der Waals surface area contributed by atoms with Crippen LogP contribution in [-0.2, 0) is 10.2 Å². The quantitative estimate of drug-likeness (QED) is 0.623. The molecule has 1 aliphatic carbocycles. The Morgan fingerprint density at radius 1 is 1.43 bits per heavy atom. The molecule has 2 N–H and O–H groups in total. The summed E-state index contributed by atoms with van der Waals surface area (Å²) >= 11 is 0. The van der Waals surface area contributed by atoms with E-state index in [-0.39, 0.29) is 11.3 Å². The van der Waals surface area contributed by atoms with E-state index in [2.05, 4.69) is 0 Å². The van der Waals surface area contributed by atoms with E-state index in [0.29, 0.717) is 0 Å². The third-order valence-corrected chi connectivity index (χ3v) is 3.36. The number of nitrogens with two attached hydrogens (primary N) is 1. The number of rotatable bonds is 0. The maximum absolute atomic E-state index is 11.9. The fraction of sp³-hybridized carbons (Fsp3) is 0.364. The van der Waals surface area contributed by atoms with E-state index < -0.39 is 0 Å². The fourth-order valence-corrected chi connectivity index (χ4v) is 2.38. The van der Waals surface area contributed by atoms with E-state index in [4.69, 9.17) is 5.73 Å². The van der Waals surface area contributed by atoms with Gasteiger partial charge in [-0.05, 0) is 30.5 Å². The molecule has 0 saturated heterocycles. The van der Waals surface area contributed by atoms with Gasteiger partial charge in [-0.1, -0.05) is 6.07 Å². The molecular formula is C11H12N2O. The zero-order valence-electron chi connectivity index (χ0n) is 8.08. The number of nitrogens with zero attached hydrogens (tertiary/aromatic N) is 1. The Morgan fingerprint density at radius 3 is 2.79 bits per heavy atom. The number of hydrogen-bond acceptors (Lipinski definition) is 2. The third kappa shape index (κ3) is 0.710. The van der Waals surface area contributed by atoms with Gasteiger partial charge in [0.25, 0.3) is 0 Å². The van der Waals surface area contributed by atoms with Crippen LogP contribution in [0, 0.1) is 0 Å². The van der Waals surface area contributed by atoms with Gasteiger partial charge >= 0.3 is 0 Å². The first-order valence-corrected chi connectivity index (χ1v) is 4.83. The second-order valence-electron chi connectivity index (χ2n) is 4.22. The van der Waals surface area contributed by atoms with Crippen LogP contribution >= 0.6 is 0 Å². The topological polar surface area (TPSA) is 46.3 Å². The average molecular weight is 188 g/mol. The van der Waals surface area contributed by atoms with Gasteiger partial charge in [-0.25, -0.2) is 0 Å². The molecule has 1 heterocycles. The lowest BCUT2D eigenvalue weighted by molar-refractivity contribution is -0.119. The van der Waals surface area contributed by atoms with Crippen LogP contribution in [0.3, 0.4) is 0 Å². The van der Waals surface area contributed by atoms with Gasteiger partial charge in [0, 0.05) is 18.4 Å². The summed E-state index contributed by atoms with van der Waals surface area (Å²) in [6, 6.07) is 5.77. The molecular weight excluding hydrogens is 176 g/mol. The van der Waals surface area contributed by atoms with Crippen LogP contribution in [0.15, 0.2) is 18.2 Å². The molecule has 0 aromatic heterocycles. The Hall–Kier alpha value is -1.51.